The van der Waals surface area contributed by atoms with E-state index in [0.29, 0.717) is 37.8 Å². The maximum Gasteiger partial charge on any atom is 0.224 e. The average molecular weight is 322 g/mol. The first-order chi connectivity index (χ1) is 9.23. The number of hydrogen-bond acceptors (Lipinski definition) is 3. The zero-order valence-corrected chi connectivity index (χ0v) is 14.8. The summed E-state index contributed by atoms with van der Waals surface area (Å²) < 4.78 is 0. The highest BCUT2D eigenvalue weighted by molar-refractivity contribution is 5.85. The largest absolute Gasteiger partial charge is 0.356 e. The number of rotatable bonds is 9. The predicted molar refractivity (Wildman–Crippen MR) is 89.4 cm³/mol. The van der Waals surface area contributed by atoms with E-state index < -0.39 is 0 Å². The van der Waals surface area contributed by atoms with Crippen LogP contribution in [0.4, 0.5) is 0 Å². The molecule has 3 N–H and O–H groups in total. The molecule has 21 heavy (non-hydrogen) atoms. The molecule has 0 aromatic heterocycles. The molecule has 1 atom stereocenters. The number of amides is 2. The Kier molecular flexibility index (Phi) is 12.6. The van der Waals surface area contributed by atoms with Crippen molar-refractivity contribution < 1.29 is 9.59 Å². The van der Waals surface area contributed by atoms with Gasteiger partial charge in [-0.15, -0.1) is 12.4 Å². The molecule has 0 heterocycles. The first-order valence-electron chi connectivity index (χ1n) is 7.50. The van der Waals surface area contributed by atoms with Crippen molar-refractivity contribution in [1.82, 2.24) is 10.2 Å². The van der Waals surface area contributed by atoms with Crippen LogP contribution >= 0.6 is 12.4 Å². The van der Waals surface area contributed by atoms with Crippen molar-refractivity contribution in [2.45, 2.75) is 53.0 Å². The van der Waals surface area contributed by atoms with Gasteiger partial charge in [-0.05, 0) is 18.3 Å². The Morgan fingerprint density at radius 1 is 1.19 bits per heavy atom. The Labute approximate surface area is 135 Å². The van der Waals surface area contributed by atoms with E-state index in [-0.39, 0.29) is 30.3 Å². The van der Waals surface area contributed by atoms with Gasteiger partial charge in [-0.25, -0.2) is 0 Å². The Morgan fingerprint density at radius 3 is 2.24 bits per heavy atom. The monoisotopic (exact) mass is 321 g/mol. The lowest BCUT2D eigenvalue weighted by molar-refractivity contribution is -0.130. The zero-order valence-electron chi connectivity index (χ0n) is 14.0. The zero-order chi connectivity index (χ0) is 15.7. The van der Waals surface area contributed by atoms with Crippen LogP contribution in [-0.4, -0.2) is 42.9 Å². The summed E-state index contributed by atoms with van der Waals surface area (Å²) in [6.07, 6.45) is 1.66. The van der Waals surface area contributed by atoms with Gasteiger partial charge in [0.15, 0.2) is 0 Å². The van der Waals surface area contributed by atoms with E-state index in [1.165, 1.54) is 0 Å². The SMILES string of the molecule is CC(C)CC(=O)NCCC(=O)N(C)CCC(N)C(C)C.Cl. The van der Waals surface area contributed by atoms with E-state index in [0.717, 1.165) is 6.42 Å². The highest BCUT2D eigenvalue weighted by Crippen LogP contribution is 2.04. The van der Waals surface area contributed by atoms with Gasteiger partial charge in [-0.3, -0.25) is 9.59 Å². The number of nitrogens with one attached hydrogen (secondary N) is 1. The van der Waals surface area contributed by atoms with Crippen LogP contribution in [-0.2, 0) is 9.59 Å². The van der Waals surface area contributed by atoms with Crippen molar-refractivity contribution in [1.29, 1.82) is 0 Å². The number of hydrogen-bond donors (Lipinski definition) is 2. The molecule has 0 aliphatic rings. The summed E-state index contributed by atoms with van der Waals surface area (Å²) in [7, 11) is 1.78. The summed E-state index contributed by atoms with van der Waals surface area (Å²) in [5, 5.41) is 2.77. The summed E-state index contributed by atoms with van der Waals surface area (Å²) in [6.45, 7) is 9.23. The fraction of sp³-hybridized carbons (Fsp3) is 0.867. The normalized spacial score (nSPS) is 12.0. The van der Waals surface area contributed by atoms with Crippen LogP contribution in [0.15, 0.2) is 0 Å². The summed E-state index contributed by atoms with van der Waals surface area (Å²) in [5.74, 6) is 0.822. The lowest BCUT2D eigenvalue weighted by Gasteiger charge is -2.21. The lowest BCUT2D eigenvalue weighted by atomic mass is 10.0. The van der Waals surface area contributed by atoms with Crippen molar-refractivity contribution in [3.8, 4) is 0 Å². The number of nitrogens with zero attached hydrogens (tertiary/aromatic N) is 1. The lowest BCUT2D eigenvalue weighted by Crippen LogP contribution is -2.36. The molecule has 0 aliphatic carbocycles. The topological polar surface area (TPSA) is 75.4 Å². The van der Waals surface area contributed by atoms with Gasteiger partial charge in [0.1, 0.15) is 0 Å². The van der Waals surface area contributed by atoms with Crippen molar-refractivity contribution in [3.05, 3.63) is 0 Å². The molecule has 0 bridgehead atoms. The molecule has 5 nitrogen and oxygen atoms in total. The van der Waals surface area contributed by atoms with Gasteiger partial charge in [-0.2, -0.15) is 0 Å². The molecule has 0 radical (unpaired) electrons. The maximum absolute atomic E-state index is 11.9. The standard InChI is InChI=1S/C15H31N3O2.ClH/c1-11(2)10-14(19)17-8-6-15(20)18(5)9-7-13(16)12(3)4;/h11-13H,6-10,16H2,1-5H3,(H,17,19);1H. The molecule has 0 saturated carbocycles. The van der Waals surface area contributed by atoms with E-state index in [4.69, 9.17) is 5.73 Å². The van der Waals surface area contributed by atoms with Crippen LogP contribution in [0.5, 0.6) is 0 Å². The molecule has 0 aromatic carbocycles. The third-order valence-electron chi connectivity index (χ3n) is 3.33. The first kappa shape index (κ1) is 22.5. The van der Waals surface area contributed by atoms with Crippen LogP contribution in [0.1, 0.15) is 47.0 Å². The van der Waals surface area contributed by atoms with Crippen LogP contribution in [0.2, 0.25) is 0 Å². The summed E-state index contributed by atoms with van der Waals surface area (Å²) in [6, 6.07) is 0.121. The molecule has 0 fully saturated rings. The second kappa shape index (κ2) is 11.8. The van der Waals surface area contributed by atoms with Gasteiger partial charge in [0.25, 0.3) is 0 Å². The fourth-order valence-corrected chi connectivity index (χ4v) is 1.74. The third-order valence-corrected chi connectivity index (χ3v) is 3.33. The Morgan fingerprint density at radius 2 is 1.76 bits per heavy atom. The molecule has 0 aliphatic heterocycles. The molecule has 0 aromatic rings. The number of carbonyl (C=O) groups is 2. The fourth-order valence-electron chi connectivity index (χ4n) is 1.74. The summed E-state index contributed by atoms with van der Waals surface area (Å²) >= 11 is 0. The second-order valence-electron chi connectivity index (χ2n) is 6.21. The Bertz CT molecular complexity index is 309. The number of nitrogens with two attached hydrogens (primary N) is 1. The molecule has 0 spiro atoms. The first-order valence-corrected chi connectivity index (χ1v) is 7.50. The Hall–Kier alpha value is -0.810. The van der Waals surface area contributed by atoms with E-state index >= 15 is 0 Å². The van der Waals surface area contributed by atoms with Gasteiger partial charge >= 0.3 is 0 Å². The van der Waals surface area contributed by atoms with Gasteiger partial charge < -0.3 is 16.0 Å². The molecule has 0 saturated heterocycles. The second-order valence-corrected chi connectivity index (χ2v) is 6.21. The van der Waals surface area contributed by atoms with Gasteiger partial charge in [0.05, 0.1) is 0 Å². The van der Waals surface area contributed by atoms with E-state index in [1.807, 2.05) is 13.8 Å². The number of halogens is 1. The van der Waals surface area contributed by atoms with Crippen LogP contribution < -0.4 is 11.1 Å². The van der Waals surface area contributed by atoms with Crippen molar-refractivity contribution in [2.75, 3.05) is 20.1 Å². The molecular weight excluding hydrogens is 290 g/mol. The highest BCUT2D eigenvalue weighted by atomic mass is 35.5. The van der Waals surface area contributed by atoms with Crippen LogP contribution in [0, 0.1) is 11.8 Å². The molecular formula is C15H32ClN3O2. The molecule has 0 rings (SSSR count). The predicted octanol–water partition coefficient (Wildman–Crippen LogP) is 1.79. The van der Waals surface area contributed by atoms with Crippen LogP contribution in [0.3, 0.4) is 0 Å². The van der Waals surface area contributed by atoms with Gasteiger partial charge in [0.2, 0.25) is 11.8 Å². The summed E-state index contributed by atoms with van der Waals surface area (Å²) in [4.78, 5) is 25.0. The van der Waals surface area contributed by atoms with E-state index in [2.05, 4.69) is 19.2 Å². The summed E-state index contributed by atoms with van der Waals surface area (Å²) in [5.41, 5.74) is 5.96. The highest BCUT2D eigenvalue weighted by Gasteiger charge is 2.13. The van der Waals surface area contributed by atoms with Crippen molar-refractivity contribution in [3.63, 3.8) is 0 Å². The minimum atomic E-state index is 0. The smallest absolute Gasteiger partial charge is 0.224 e. The molecule has 2 amide bonds. The minimum absolute atomic E-state index is 0. The van der Waals surface area contributed by atoms with Gasteiger partial charge in [-0.1, -0.05) is 27.7 Å². The average Bonchev–Trinajstić information content (AvgIpc) is 2.33. The van der Waals surface area contributed by atoms with Crippen molar-refractivity contribution in [2.24, 2.45) is 17.6 Å². The van der Waals surface area contributed by atoms with Gasteiger partial charge in [0, 0.05) is 39.0 Å². The Balaban J connectivity index is 0. The molecule has 1 unspecified atom stereocenters. The quantitative estimate of drug-likeness (QED) is 0.680. The van der Waals surface area contributed by atoms with Crippen LogP contribution in [0.25, 0.3) is 0 Å². The molecule has 6 heteroatoms. The molecule has 126 valence electrons. The number of carbonyl (C=O) groups excluding carboxylic acids is 2. The third kappa shape index (κ3) is 11.5. The van der Waals surface area contributed by atoms with Crippen molar-refractivity contribution >= 4 is 24.2 Å². The van der Waals surface area contributed by atoms with E-state index in [9.17, 15) is 9.59 Å². The maximum atomic E-state index is 11.9. The minimum Gasteiger partial charge on any atom is -0.356 e. The van der Waals surface area contributed by atoms with E-state index in [1.54, 1.807) is 11.9 Å².